The van der Waals surface area contributed by atoms with E-state index in [1.807, 2.05) is 12.1 Å². The van der Waals surface area contributed by atoms with Crippen molar-refractivity contribution in [3.63, 3.8) is 0 Å². The van der Waals surface area contributed by atoms with Crippen molar-refractivity contribution in [3.05, 3.63) is 24.0 Å². The van der Waals surface area contributed by atoms with Crippen LogP contribution in [0.4, 0.5) is 0 Å². The smallest absolute Gasteiger partial charge is 0.123 e. The quantitative estimate of drug-likeness (QED) is 0.908. The van der Waals surface area contributed by atoms with Crippen LogP contribution in [0, 0.1) is 16.7 Å². The third kappa shape index (κ3) is 1.78. The fourth-order valence-corrected chi connectivity index (χ4v) is 4.09. The van der Waals surface area contributed by atoms with E-state index in [-0.39, 0.29) is 18.1 Å². The predicted octanol–water partition coefficient (Wildman–Crippen LogP) is 3.17. The van der Waals surface area contributed by atoms with Crippen LogP contribution >= 0.6 is 0 Å². The molecule has 0 aromatic carbocycles. The number of hydrogen-bond donors (Lipinski definition) is 1. The number of aromatic nitrogens is 1. The van der Waals surface area contributed by atoms with E-state index in [2.05, 4.69) is 25.8 Å². The number of pyridine rings is 1. The summed E-state index contributed by atoms with van der Waals surface area (Å²) in [6, 6.07) is 3.74. The second-order valence-corrected chi connectivity index (χ2v) is 6.86. The zero-order chi connectivity index (χ0) is 13.7. The lowest BCUT2D eigenvalue weighted by molar-refractivity contribution is 0.0300. The van der Waals surface area contributed by atoms with Crippen LogP contribution in [0.5, 0.6) is 5.75 Å². The van der Waals surface area contributed by atoms with Crippen molar-refractivity contribution in [3.8, 4) is 5.75 Å². The molecule has 19 heavy (non-hydrogen) atoms. The minimum Gasteiger partial charge on any atom is -0.490 e. The second kappa shape index (κ2) is 4.20. The van der Waals surface area contributed by atoms with Crippen molar-refractivity contribution < 1.29 is 9.84 Å². The van der Waals surface area contributed by atoms with Crippen LogP contribution in [0.15, 0.2) is 18.3 Å². The van der Waals surface area contributed by atoms with Crippen molar-refractivity contribution in [2.75, 3.05) is 0 Å². The average molecular weight is 261 g/mol. The van der Waals surface area contributed by atoms with E-state index in [4.69, 9.17) is 9.84 Å². The van der Waals surface area contributed by atoms with Crippen LogP contribution in [0.1, 0.15) is 45.7 Å². The fourth-order valence-electron chi connectivity index (χ4n) is 4.09. The van der Waals surface area contributed by atoms with Crippen LogP contribution in [0.3, 0.4) is 0 Å². The Morgan fingerprint density at radius 1 is 1.42 bits per heavy atom. The summed E-state index contributed by atoms with van der Waals surface area (Å²) in [6.07, 6.45) is 5.74. The number of hydrogen-bond acceptors (Lipinski definition) is 3. The van der Waals surface area contributed by atoms with E-state index in [1.165, 1.54) is 12.8 Å². The SMILES string of the molecule is CC1(C)C2CCC1(C)C(Oc1ccnc(CO)c1)C2. The highest BCUT2D eigenvalue weighted by molar-refractivity contribution is 5.24. The highest BCUT2D eigenvalue weighted by Gasteiger charge is 2.62. The monoisotopic (exact) mass is 261 g/mol. The molecule has 3 nitrogen and oxygen atoms in total. The van der Waals surface area contributed by atoms with Gasteiger partial charge in [0.2, 0.25) is 0 Å². The van der Waals surface area contributed by atoms with Gasteiger partial charge < -0.3 is 9.84 Å². The van der Waals surface area contributed by atoms with Gasteiger partial charge in [0, 0.05) is 17.7 Å². The Labute approximate surface area is 115 Å². The van der Waals surface area contributed by atoms with Gasteiger partial charge in [-0.15, -0.1) is 0 Å². The number of fused-ring (bicyclic) bond motifs is 2. The van der Waals surface area contributed by atoms with Gasteiger partial charge in [0.05, 0.1) is 12.3 Å². The third-order valence-corrected chi connectivity index (χ3v) is 5.94. The lowest BCUT2D eigenvalue weighted by atomic mass is 9.70. The van der Waals surface area contributed by atoms with Gasteiger partial charge >= 0.3 is 0 Å². The first-order valence-electron chi connectivity index (χ1n) is 7.20. The molecule has 0 radical (unpaired) electrons. The van der Waals surface area contributed by atoms with E-state index in [0.29, 0.717) is 11.1 Å². The summed E-state index contributed by atoms with van der Waals surface area (Å²) < 4.78 is 6.24. The molecule has 1 N–H and O–H groups in total. The Hall–Kier alpha value is -1.09. The first-order chi connectivity index (χ1) is 8.97. The molecule has 3 atom stereocenters. The number of aliphatic hydroxyl groups excluding tert-OH is 1. The lowest BCUT2D eigenvalue weighted by Gasteiger charge is -2.38. The molecule has 0 spiro atoms. The van der Waals surface area contributed by atoms with Crippen molar-refractivity contribution in [1.29, 1.82) is 0 Å². The van der Waals surface area contributed by atoms with Gasteiger partial charge in [-0.2, -0.15) is 0 Å². The van der Waals surface area contributed by atoms with E-state index < -0.39 is 0 Å². The van der Waals surface area contributed by atoms with Gasteiger partial charge in [0.1, 0.15) is 11.9 Å². The molecule has 2 saturated carbocycles. The second-order valence-electron chi connectivity index (χ2n) is 6.86. The molecule has 3 unspecified atom stereocenters. The topological polar surface area (TPSA) is 42.4 Å². The maximum atomic E-state index is 9.14. The summed E-state index contributed by atoms with van der Waals surface area (Å²) in [4.78, 5) is 4.10. The van der Waals surface area contributed by atoms with Crippen LogP contribution in [-0.4, -0.2) is 16.2 Å². The van der Waals surface area contributed by atoms with Gasteiger partial charge in [-0.3, -0.25) is 4.98 Å². The zero-order valence-electron chi connectivity index (χ0n) is 12.0. The van der Waals surface area contributed by atoms with Gasteiger partial charge in [0.25, 0.3) is 0 Å². The Bertz CT molecular complexity index is 485. The Morgan fingerprint density at radius 2 is 2.21 bits per heavy atom. The van der Waals surface area contributed by atoms with Gasteiger partial charge in [-0.25, -0.2) is 0 Å². The molecule has 2 fully saturated rings. The Kier molecular flexibility index (Phi) is 2.86. The average Bonchev–Trinajstić information content (AvgIpc) is 2.72. The van der Waals surface area contributed by atoms with Crippen molar-refractivity contribution >= 4 is 0 Å². The Morgan fingerprint density at radius 3 is 2.79 bits per heavy atom. The molecule has 2 aliphatic rings. The van der Waals surface area contributed by atoms with Crippen molar-refractivity contribution in [1.82, 2.24) is 4.98 Å². The van der Waals surface area contributed by atoms with Crippen molar-refractivity contribution in [2.45, 2.75) is 52.7 Å². The molecule has 1 heterocycles. The number of rotatable bonds is 3. The zero-order valence-corrected chi connectivity index (χ0v) is 12.0. The maximum absolute atomic E-state index is 9.14. The minimum absolute atomic E-state index is 0.0345. The van der Waals surface area contributed by atoms with Crippen LogP contribution in [0.2, 0.25) is 0 Å². The molecule has 1 aromatic heterocycles. The molecule has 0 aliphatic heterocycles. The van der Waals surface area contributed by atoms with Gasteiger partial charge in [0.15, 0.2) is 0 Å². The summed E-state index contributed by atoms with van der Waals surface area (Å²) in [6.45, 7) is 7.12. The first-order valence-corrected chi connectivity index (χ1v) is 7.20. The van der Waals surface area contributed by atoms with Crippen LogP contribution in [-0.2, 0) is 6.61 Å². The Balaban J connectivity index is 1.82. The van der Waals surface area contributed by atoms with E-state index >= 15 is 0 Å². The lowest BCUT2D eigenvalue weighted by Crippen LogP contribution is -2.38. The van der Waals surface area contributed by atoms with Crippen molar-refractivity contribution in [2.24, 2.45) is 16.7 Å². The molecule has 0 saturated heterocycles. The molecule has 104 valence electrons. The molecule has 1 aromatic rings. The molecule has 2 aliphatic carbocycles. The summed E-state index contributed by atoms with van der Waals surface area (Å²) in [5.74, 6) is 1.62. The normalized spacial score (nSPS) is 35.6. The largest absolute Gasteiger partial charge is 0.490 e. The van der Waals surface area contributed by atoms with Gasteiger partial charge in [-0.1, -0.05) is 20.8 Å². The van der Waals surface area contributed by atoms with E-state index in [9.17, 15) is 0 Å². The predicted molar refractivity (Wildman–Crippen MR) is 73.8 cm³/mol. The third-order valence-electron chi connectivity index (χ3n) is 5.94. The maximum Gasteiger partial charge on any atom is 0.123 e. The van der Waals surface area contributed by atoms with E-state index in [1.54, 1.807) is 6.20 Å². The molecule has 3 rings (SSSR count). The summed E-state index contributed by atoms with van der Waals surface area (Å²) in [5.41, 5.74) is 1.30. The van der Waals surface area contributed by atoms with E-state index in [0.717, 1.165) is 18.1 Å². The molecule has 3 heteroatoms. The first kappa shape index (κ1) is 12.9. The standard InChI is InChI=1S/C16H23NO2/c1-15(2)11-4-6-16(15,3)14(8-11)19-13-5-7-17-12(9-13)10-18/h5,7,9,11,14,18H,4,6,8,10H2,1-3H3. The summed E-state index contributed by atoms with van der Waals surface area (Å²) in [7, 11) is 0. The number of ether oxygens (including phenoxy) is 1. The van der Waals surface area contributed by atoms with Gasteiger partial charge in [-0.05, 0) is 36.7 Å². The molecule has 0 amide bonds. The number of nitrogens with zero attached hydrogens (tertiary/aromatic N) is 1. The highest BCUT2D eigenvalue weighted by Crippen LogP contribution is 2.66. The fraction of sp³-hybridized carbons (Fsp3) is 0.688. The molecular weight excluding hydrogens is 238 g/mol. The van der Waals surface area contributed by atoms with Crippen LogP contribution in [0.25, 0.3) is 0 Å². The minimum atomic E-state index is -0.0345. The number of aliphatic hydroxyl groups is 1. The van der Waals surface area contributed by atoms with Crippen LogP contribution < -0.4 is 4.74 Å². The summed E-state index contributed by atoms with van der Waals surface area (Å²) >= 11 is 0. The molecule has 2 bridgehead atoms. The highest BCUT2D eigenvalue weighted by atomic mass is 16.5. The molecular formula is C16H23NO2. The summed E-state index contributed by atoms with van der Waals surface area (Å²) in [5, 5.41) is 9.14.